The highest BCUT2D eigenvalue weighted by Crippen LogP contribution is 2.16. The van der Waals surface area contributed by atoms with Crippen LogP contribution in [0.2, 0.25) is 0 Å². The van der Waals surface area contributed by atoms with Crippen LogP contribution in [0.3, 0.4) is 0 Å². The average Bonchev–Trinajstić information content (AvgIpc) is 2.30. The van der Waals surface area contributed by atoms with Crippen LogP contribution in [0.4, 0.5) is 0 Å². The number of nitrogens with zero attached hydrogens (tertiary/aromatic N) is 1. The minimum absolute atomic E-state index is 0.00918. The van der Waals surface area contributed by atoms with Crippen LogP contribution in [0.5, 0.6) is 0 Å². The summed E-state index contributed by atoms with van der Waals surface area (Å²) in [6, 6.07) is 5.77. The van der Waals surface area contributed by atoms with Gasteiger partial charge in [0.05, 0.1) is 4.99 Å². The zero-order valence-corrected chi connectivity index (χ0v) is 12.2. The number of carbonyl (C=O) groups excluding carboxylic acids is 1. The van der Waals surface area contributed by atoms with Gasteiger partial charge in [-0.25, -0.2) is 0 Å². The molecule has 0 heterocycles. The van der Waals surface area contributed by atoms with Gasteiger partial charge in [-0.1, -0.05) is 24.4 Å². The predicted octanol–water partition coefficient (Wildman–Crippen LogP) is 2.44. The molecule has 3 nitrogen and oxygen atoms in total. The van der Waals surface area contributed by atoms with Crippen LogP contribution in [0, 0.1) is 13.8 Å². The van der Waals surface area contributed by atoms with Gasteiger partial charge in [0.15, 0.2) is 0 Å². The molecule has 0 fully saturated rings. The van der Waals surface area contributed by atoms with Crippen LogP contribution in [-0.2, 0) is 0 Å². The third-order valence-corrected chi connectivity index (χ3v) is 3.48. The maximum absolute atomic E-state index is 12.4. The van der Waals surface area contributed by atoms with Crippen molar-refractivity contribution in [2.24, 2.45) is 5.73 Å². The first-order chi connectivity index (χ1) is 8.34. The molecule has 1 atom stereocenters. The molecule has 4 heteroatoms. The van der Waals surface area contributed by atoms with E-state index in [0.29, 0.717) is 11.4 Å². The molecule has 18 heavy (non-hydrogen) atoms. The maximum Gasteiger partial charge on any atom is 0.254 e. The standard InChI is InChI=1S/C14H20N2OS/c1-9-6-5-7-12(11(9)3)14(17)16(4)10(2)8-13(15)18/h5-7,10H,8H2,1-4H3,(H2,15,18). The van der Waals surface area contributed by atoms with Crippen LogP contribution in [0.1, 0.15) is 34.8 Å². The number of nitrogens with two attached hydrogens (primary N) is 1. The summed E-state index contributed by atoms with van der Waals surface area (Å²) < 4.78 is 0. The summed E-state index contributed by atoms with van der Waals surface area (Å²) >= 11 is 4.88. The monoisotopic (exact) mass is 264 g/mol. The fourth-order valence-electron chi connectivity index (χ4n) is 1.80. The Labute approximate surface area is 114 Å². The second-order valence-corrected chi connectivity index (χ2v) is 5.21. The highest BCUT2D eigenvalue weighted by Gasteiger charge is 2.19. The van der Waals surface area contributed by atoms with Crippen LogP contribution in [-0.4, -0.2) is 28.9 Å². The fourth-order valence-corrected chi connectivity index (χ4v) is 2.04. The first kappa shape index (κ1) is 14.6. The highest BCUT2D eigenvalue weighted by atomic mass is 32.1. The van der Waals surface area contributed by atoms with Crippen LogP contribution in [0.15, 0.2) is 18.2 Å². The van der Waals surface area contributed by atoms with Crippen molar-refractivity contribution >= 4 is 23.1 Å². The summed E-state index contributed by atoms with van der Waals surface area (Å²) in [5, 5.41) is 0. The Hall–Kier alpha value is -1.42. The molecule has 1 unspecified atom stereocenters. The van der Waals surface area contributed by atoms with Gasteiger partial charge in [0.2, 0.25) is 0 Å². The molecule has 1 aromatic carbocycles. The molecule has 1 amide bonds. The van der Waals surface area contributed by atoms with Gasteiger partial charge >= 0.3 is 0 Å². The number of amides is 1. The van der Waals surface area contributed by atoms with Crippen molar-refractivity contribution in [3.63, 3.8) is 0 Å². The predicted molar refractivity (Wildman–Crippen MR) is 78.9 cm³/mol. The van der Waals surface area contributed by atoms with Gasteiger partial charge in [0, 0.05) is 25.1 Å². The second kappa shape index (κ2) is 5.96. The van der Waals surface area contributed by atoms with E-state index in [-0.39, 0.29) is 11.9 Å². The molecule has 0 radical (unpaired) electrons. The molecule has 1 rings (SSSR count). The lowest BCUT2D eigenvalue weighted by atomic mass is 10.0. The van der Waals surface area contributed by atoms with E-state index in [1.807, 2.05) is 39.0 Å². The number of hydrogen-bond donors (Lipinski definition) is 1. The zero-order chi connectivity index (χ0) is 13.9. The minimum Gasteiger partial charge on any atom is -0.393 e. The van der Waals surface area contributed by atoms with Crippen molar-refractivity contribution in [2.45, 2.75) is 33.2 Å². The molecule has 0 bridgehead atoms. The lowest BCUT2D eigenvalue weighted by Crippen LogP contribution is -2.37. The molecule has 98 valence electrons. The first-order valence-corrected chi connectivity index (χ1v) is 6.37. The zero-order valence-electron chi connectivity index (χ0n) is 11.4. The third-order valence-electron chi connectivity index (χ3n) is 3.31. The molecule has 0 saturated carbocycles. The molecule has 1 aromatic rings. The Bertz CT molecular complexity index is 471. The molecule has 0 aliphatic rings. The Balaban J connectivity index is 2.93. The SMILES string of the molecule is Cc1cccc(C(=O)N(C)C(C)CC(N)=S)c1C. The van der Waals surface area contributed by atoms with Crippen molar-refractivity contribution in [3.05, 3.63) is 34.9 Å². The Morgan fingerprint density at radius 1 is 1.44 bits per heavy atom. The molecule has 0 aromatic heterocycles. The summed E-state index contributed by atoms with van der Waals surface area (Å²) in [4.78, 5) is 14.5. The van der Waals surface area contributed by atoms with E-state index in [1.165, 1.54) is 0 Å². The van der Waals surface area contributed by atoms with Gasteiger partial charge in [-0.05, 0) is 38.0 Å². The van der Waals surface area contributed by atoms with E-state index in [9.17, 15) is 4.79 Å². The van der Waals surface area contributed by atoms with Crippen molar-refractivity contribution in [2.75, 3.05) is 7.05 Å². The van der Waals surface area contributed by atoms with Gasteiger partial charge in [-0.2, -0.15) is 0 Å². The molecule has 2 N–H and O–H groups in total. The topological polar surface area (TPSA) is 46.3 Å². The molecule has 0 spiro atoms. The van der Waals surface area contributed by atoms with Gasteiger partial charge in [0.1, 0.15) is 0 Å². The fraction of sp³-hybridized carbons (Fsp3) is 0.429. The van der Waals surface area contributed by atoms with Gasteiger partial charge in [0.25, 0.3) is 5.91 Å². The van der Waals surface area contributed by atoms with E-state index in [0.717, 1.165) is 16.7 Å². The molecule has 0 aliphatic heterocycles. The van der Waals surface area contributed by atoms with E-state index in [4.69, 9.17) is 18.0 Å². The van der Waals surface area contributed by atoms with Crippen molar-refractivity contribution in [1.29, 1.82) is 0 Å². The number of aryl methyl sites for hydroxylation is 1. The number of rotatable bonds is 4. The summed E-state index contributed by atoms with van der Waals surface area (Å²) in [6.45, 7) is 5.92. The van der Waals surface area contributed by atoms with Crippen LogP contribution < -0.4 is 5.73 Å². The van der Waals surface area contributed by atoms with Crippen molar-refractivity contribution < 1.29 is 4.79 Å². The van der Waals surface area contributed by atoms with E-state index >= 15 is 0 Å². The molecular formula is C14H20N2OS. The summed E-state index contributed by atoms with van der Waals surface area (Å²) in [5.41, 5.74) is 8.41. The van der Waals surface area contributed by atoms with E-state index in [1.54, 1.807) is 11.9 Å². The quantitative estimate of drug-likeness (QED) is 0.850. The number of hydrogen-bond acceptors (Lipinski definition) is 2. The lowest BCUT2D eigenvalue weighted by Gasteiger charge is -2.25. The maximum atomic E-state index is 12.4. The third kappa shape index (κ3) is 3.29. The minimum atomic E-state index is 0.00918. The Morgan fingerprint density at radius 3 is 2.61 bits per heavy atom. The van der Waals surface area contributed by atoms with Gasteiger partial charge in [-0.3, -0.25) is 4.79 Å². The first-order valence-electron chi connectivity index (χ1n) is 5.96. The smallest absolute Gasteiger partial charge is 0.254 e. The van der Waals surface area contributed by atoms with Crippen molar-refractivity contribution in [1.82, 2.24) is 4.90 Å². The Morgan fingerprint density at radius 2 is 2.06 bits per heavy atom. The average molecular weight is 264 g/mol. The largest absolute Gasteiger partial charge is 0.393 e. The molecular weight excluding hydrogens is 244 g/mol. The lowest BCUT2D eigenvalue weighted by molar-refractivity contribution is 0.0747. The summed E-state index contributed by atoms with van der Waals surface area (Å²) in [5.74, 6) is 0.0138. The highest BCUT2D eigenvalue weighted by molar-refractivity contribution is 7.80. The van der Waals surface area contributed by atoms with Crippen LogP contribution in [0.25, 0.3) is 0 Å². The normalized spacial score (nSPS) is 12.0. The number of thiocarbonyl (C=S) groups is 1. The Kier molecular flexibility index (Phi) is 4.84. The summed E-state index contributed by atoms with van der Waals surface area (Å²) in [6.07, 6.45) is 0.544. The van der Waals surface area contributed by atoms with Gasteiger partial charge < -0.3 is 10.6 Å². The number of carbonyl (C=O) groups is 1. The van der Waals surface area contributed by atoms with Crippen molar-refractivity contribution in [3.8, 4) is 0 Å². The van der Waals surface area contributed by atoms with E-state index in [2.05, 4.69) is 0 Å². The summed E-state index contributed by atoms with van der Waals surface area (Å²) in [7, 11) is 1.78. The molecule has 0 saturated heterocycles. The van der Waals surface area contributed by atoms with Gasteiger partial charge in [-0.15, -0.1) is 0 Å². The van der Waals surface area contributed by atoms with E-state index < -0.39 is 0 Å². The second-order valence-electron chi connectivity index (χ2n) is 4.68. The van der Waals surface area contributed by atoms with Crippen LogP contribution >= 0.6 is 12.2 Å². The number of benzene rings is 1. The molecule has 0 aliphatic carbocycles.